The summed E-state index contributed by atoms with van der Waals surface area (Å²) < 4.78 is 7.75. The van der Waals surface area contributed by atoms with Crippen LogP contribution in [0.2, 0.25) is 0 Å². The molecule has 0 bridgehead atoms. The van der Waals surface area contributed by atoms with Gasteiger partial charge in [-0.1, -0.05) is 127 Å². The lowest BCUT2D eigenvalue weighted by Gasteiger charge is -2.23. The number of nitrogens with zero attached hydrogens (tertiary/aromatic N) is 3. The van der Waals surface area contributed by atoms with E-state index in [-0.39, 0.29) is 6.17 Å². The molecule has 0 spiro atoms. The smallest absolute Gasteiger partial charge is 0.159 e. The van der Waals surface area contributed by atoms with Gasteiger partial charge >= 0.3 is 0 Å². The van der Waals surface area contributed by atoms with E-state index in [0.29, 0.717) is 5.92 Å². The monoisotopic (exact) mass is 766 g/mol. The maximum atomic E-state index is 5.16. The Kier molecular flexibility index (Phi) is 7.43. The molecule has 3 aromatic heterocycles. The van der Waals surface area contributed by atoms with E-state index in [1.165, 1.54) is 73.1 Å². The zero-order chi connectivity index (χ0) is 37.5. The Morgan fingerprint density at radius 1 is 0.561 bits per heavy atom. The summed E-state index contributed by atoms with van der Waals surface area (Å²) >= 11 is 3.78. The number of para-hydroxylation sites is 2. The van der Waals surface area contributed by atoms with Crippen LogP contribution in [-0.2, 0) is 0 Å². The van der Waals surface area contributed by atoms with Gasteiger partial charge in [0.05, 0.1) is 16.7 Å². The highest BCUT2D eigenvalue weighted by Crippen LogP contribution is 2.39. The fraction of sp³-hybridized carbons (Fsp3) is 0.0588. The van der Waals surface area contributed by atoms with Gasteiger partial charge in [0.1, 0.15) is 12.0 Å². The van der Waals surface area contributed by atoms with E-state index in [2.05, 4.69) is 162 Å². The highest BCUT2D eigenvalue weighted by Gasteiger charge is 2.23. The molecule has 12 rings (SSSR count). The summed E-state index contributed by atoms with van der Waals surface area (Å²) in [6.07, 6.45) is 5.71. The lowest BCUT2D eigenvalue weighted by Crippen LogP contribution is -2.33. The molecule has 270 valence electrons. The van der Waals surface area contributed by atoms with E-state index in [1.54, 1.807) is 0 Å². The number of aliphatic imine (C=N–C) groups is 2. The first kappa shape index (κ1) is 32.6. The predicted octanol–water partition coefficient (Wildman–Crippen LogP) is 11.6. The van der Waals surface area contributed by atoms with Crippen molar-refractivity contribution in [3.8, 4) is 5.69 Å². The number of benzene rings is 7. The molecule has 0 fully saturated rings. The Balaban J connectivity index is 0.939. The second-order valence-electron chi connectivity index (χ2n) is 14.9. The van der Waals surface area contributed by atoms with Gasteiger partial charge in [-0.15, -0.1) is 22.7 Å². The van der Waals surface area contributed by atoms with Gasteiger partial charge in [0.2, 0.25) is 0 Å². The summed E-state index contributed by atoms with van der Waals surface area (Å²) in [7, 11) is 0. The highest BCUT2D eigenvalue weighted by atomic mass is 32.1. The quantitative estimate of drug-likeness (QED) is 0.186. The minimum absolute atomic E-state index is 0.268. The van der Waals surface area contributed by atoms with Crippen molar-refractivity contribution >= 4 is 98.6 Å². The molecule has 2 atom stereocenters. The van der Waals surface area contributed by atoms with Crippen molar-refractivity contribution in [1.82, 2.24) is 9.88 Å². The van der Waals surface area contributed by atoms with Crippen LogP contribution in [0, 0.1) is 0 Å². The molecule has 7 aromatic carbocycles. The maximum absolute atomic E-state index is 5.16. The van der Waals surface area contributed by atoms with E-state index in [0.717, 1.165) is 34.8 Å². The van der Waals surface area contributed by atoms with Crippen molar-refractivity contribution in [3.63, 3.8) is 0 Å². The van der Waals surface area contributed by atoms with Gasteiger partial charge < -0.3 is 9.88 Å². The molecule has 1 N–H and O–H groups in total. The van der Waals surface area contributed by atoms with Crippen molar-refractivity contribution in [2.45, 2.75) is 18.5 Å². The van der Waals surface area contributed by atoms with Gasteiger partial charge in [0, 0.05) is 62.6 Å². The fourth-order valence-corrected chi connectivity index (χ4v) is 11.2. The number of aromatic nitrogens is 1. The molecule has 0 radical (unpaired) electrons. The number of nitrogens with one attached hydrogen (secondary N) is 1. The molecule has 10 aromatic rings. The second-order valence-corrected chi connectivity index (χ2v) is 17.1. The zero-order valence-corrected chi connectivity index (χ0v) is 32.4. The van der Waals surface area contributed by atoms with Crippen molar-refractivity contribution in [2.75, 3.05) is 0 Å². The molecular formula is C51H34N4S2. The first-order valence-corrected chi connectivity index (χ1v) is 21.1. The third kappa shape index (κ3) is 5.32. The molecule has 6 heteroatoms. The van der Waals surface area contributed by atoms with Crippen molar-refractivity contribution in [2.24, 2.45) is 9.98 Å². The number of hydrogen-bond acceptors (Lipinski definition) is 5. The van der Waals surface area contributed by atoms with Crippen molar-refractivity contribution in [1.29, 1.82) is 0 Å². The van der Waals surface area contributed by atoms with Crippen LogP contribution in [0.3, 0.4) is 0 Å². The van der Waals surface area contributed by atoms with Crippen molar-refractivity contribution in [3.05, 3.63) is 196 Å². The summed E-state index contributed by atoms with van der Waals surface area (Å²) in [6.45, 7) is 0. The number of rotatable bonds is 5. The van der Waals surface area contributed by atoms with E-state index < -0.39 is 0 Å². The van der Waals surface area contributed by atoms with Crippen LogP contribution in [0.4, 0.5) is 0 Å². The molecular weight excluding hydrogens is 733 g/mol. The lowest BCUT2D eigenvalue weighted by atomic mass is 9.91. The van der Waals surface area contributed by atoms with Gasteiger partial charge in [-0.2, -0.15) is 0 Å². The van der Waals surface area contributed by atoms with Crippen LogP contribution in [-0.4, -0.2) is 16.2 Å². The van der Waals surface area contributed by atoms with Gasteiger partial charge in [0.25, 0.3) is 0 Å². The average Bonchev–Trinajstić information content (AvgIpc) is 3.95. The SMILES string of the molecule is C1=c2sc3cccc(-n4c5ccccc5c5ccccc54)c3c2=CCC1c1ccc2sc3ccc(C4N=C(c5ccccc5)N=C(c5ccccc5)N4)cc3c2c1. The Morgan fingerprint density at radius 2 is 1.21 bits per heavy atom. The number of fused-ring (bicyclic) bond motifs is 9. The molecule has 1 aliphatic heterocycles. The third-order valence-electron chi connectivity index (χ3n) is 11.6. The second kappa shape index (κ2) is 13.0. The highest BCUT2D eigenvalue weighted by molar-refractivity contribution is 7.25. The first-order chi connectivity index (χ1) is 28.2. The predicted molar refractivity (Wildman–Crippen MR) is 243 cm³/mol. The van der Waals surface area contributed by atoms with E-state index in [4.69, 9.17) is 9.98 Å². The van der Waals surface area contributed by atoms with E-state index in [1.807, 2.05) is 46.9 Å². The molecule has 4 heterocycles. The largest absolute Gasteiger partial charge is 0.344 e. The third-order valence-corrected chi connectivity index (χ3v) is 13.9. The summed E-state index contributed by atoms with van der Waals surface area (Å²) in [5.74, 6) is 1.87. The summed E-state index contributed by atoms with van der Waals surface area (Å²) in [6, 6.07) is 58.9. The standard InChI is InChI=1S/C51H34N4S2/c1-3-12-31(13-4-1)49-52-50(32-14-5-2-6-15-32)54-51(53-49)35-24-27-45-40(29-35)39-28-33(23-26-44(39)56-45)34-22-25-38-47(30-34)57-46-21-11-20-43(48(38)46)55-41-18-9-7-16-36(41)37-17-8-10-19-42(37)55/h1-21,23-30,34,51H,22H2,(H,52,53,54). The summed E-state index contributed by atoms with van der Waals surface area (Å²) in [5, 5.41) is 11.5. The van der Waals surface area contributed by atoms with E-state index in [9.17, 15) is 0 Å². The van der Waals surface area contributed by atoms with Gasteiger partial charge in [-0.25, -0.2) is 9.98 Å². The topological polar surface area (TPSA) is 41.7 Å². The van der Waals surface area contributed by atoms with E-state index >= 15 is 0 Å². The van der Waals surface area contributed by atoms with Crippen LogP contribution in [0.25, 0.3) is 69.9 Å². The fourth-order valence-electron chi connectivity index (χ4n) is 8.89. The van der Waals surface area contributed by atoms with Gasteiger partial charge in [0.15, 0.2) is 5.84 Å². The summed E-state index contributed by atoms with van der Waals surface area (Å²) in [5.41, 5.74) is 8.27. The van der Waals surface area contributed by atoms with Crippen LogP contribution in [0.15, 0.2) is 174 Å². The molecule has 0 saturated carbocycles. The molecule has 0 saturated heterocycles. The number of amidine groups is 2. The molecule has 2 aliphatic rings. The molecule has 2 unspecified atom stereocenters. The zero-order valence-electron chi connectivity index (χ0n) is 30.8. The molecule has 0 amide bonds. The number of thiophene rings is 2. The van der Waals surface area contributed by atoms with Gasteiger partial charge in [-0.05, 0) is 71.3 Å². The lowest BCUT2D eigenvalue weighted by molar-refractivity contribution is 0.675. The number of hydrogen-bond donors (Lipinski definition) is 1. The normalized spacial score (nSPS) is 16.6. The Morgan fingerprint density at radius 3 is 1.95 bits per heavy atom. The van der Waals surface area contributed by atoms with Crippen LogP contribution >= 0.6 is 22.7 Å². The van der Waals surface area contributed by atoms with Gasteiger partial charge in [-0.3, -0.25) is 0 Å². The molecule has 1 aliphatic carbocycles. The maximum Gasteiger partial charge on any atom is 0.159 e. The first-order valence-electron chi connectivity index (χ1n) is 19.5. The summed E-state index contributed by atoms with van der Waals surface area (Å²) in [4.78, 5) is 10.1. The van der Waals surface area contributed by atoms with Crippen molar-refractivity contribution < 1.29 is 0 Å². The van der Waals surface area contributed by atoms with Crippen LogP contribution in [0.1, 0.15) is 40.8 Å². The van der Waals surface area contributed by atoms with Crippen LogP contribution in [0.5, 0.6) is 0 Å². The Labute approximate surface area is 336 Å². The minimum atomic E-state index is -0.268. The average molecular weight is 767 g/mol. The molecule has 57 heavy (non-hydrogen) atoms. The Hall–Kier alpha value is -6.60. The Bertz CT molecular complexity index is 3370. The minimum Gasteiger partial charge on any atom is -0.344 e. The van der Waals surface area contributed by atoms with Crippen LogP contribution < -0.4 is 15.1 Å². The molecule has 4 nitrogen and oxygen atoms in total.